The Balaban J connectivity index is 1.62. The summed E-state index contributed by atoms with van der Waals surface area (Å²) in [5, 5.41) is 17.8. The second kappa shape index (κ2) is 7.07. The Kier molecular flexibility index (Phi) is 4.30. The van der Waals surface area contributed by atoms with Crippen LogP contribution in [0.4, 0.5) is 11.4 Å². The number of carbonyl (C=O) groups is 1. The van der Waals surface area contributed by atoms with Gasteiger partial charge in [0.2, 0.25) is 5.82 Å². The number of nitrogens with zero attached hydrogens (tertiary/aromatic N) is 6. The third kappa shape index (κ3) is 3.58. The summed E-state index contributed by atoms with van der Waals surface area (Å²) >= 11 is 0. The van der Waals surface area contributed by atoms with E-state index in [0.29, 0.717) is 5.75 Å². The number of benzene rings is 1. The summed E-state index contributed by atoms with van der Waals surface area (Å²) < 4.78 is 6.93. The Bertz CT molecular complexity index is 1140. The molecule has 0 saturated heterocycles. The summed E-state index contributed by atoms with van der Waals surface area (Å²) in [5.74, 6) is 0.0565. The molecule has 0 atom stereocenters. The lowest BCUT2D eigenvalue weighted by Gasteiger charge is -2.08. The highest BCUT2D eigenvalue weighted by molar-refractivity contribution is 6.02. The maximum atomic E-state index is 12.4. The smallest absolute Gasteiger partial charge is 0.295 e. The molecule has 3 heterocycles. The minimum absolute atomic E-state index is 0.125. The number of ether oxygens (including phenoxy) is 1. The molecule has 3 aromatic heterocycles. The summed E-state index contributed by atoms with van der Waals surface area (Å²) in [6, 6.07) is 8.87. The number of non-ortho nitro benzene ring substituents is 1. The Morgan fingerprint density at radius 1 is 1.18 bits per heavy atom. The number of hydrogen-bond acceptors (Lipinski definition) is 8. The van der Waals surface area contributed by atoms with Crippen LogP contribution in [-0.4, -0.2) is 35.4 Å². The Morgan fingerprint density at radius 2 is 2.07 bits per heavy atom. The van der Waals surface area contributed by atoms with Crippen molar-refractivity contribution in [3.05, 3.63) is 77.1 Å². The van der Waals surface area contributed by atoms with Gasteiger partial charge in [-0.2, -0.15) is 4.98 Å². The lowest BCUT2D eigenvalue weighted by molar-refractivity contribution is -0.384. The number of hydrogen-bond donors (Lipinski definition) is 1. The number of carbonyl (C=O) groups excluding carboxylic acids is 1. The van der Waals surface area contributed by atoms with Gasteiger partial charge in [-0.25, -0.2) is 9.50 Å². The van der Waals surface area contributed by atoms with Crippen molar-refractivity contribution in [1.29, 1.82) is 0 Å². The largest absolute Gasteiger partial charge is 0.455 e. The monoisotopic (exact) mass is 377 g/mol. The number of fused-ring (bicyclic) bond motifs is 1. The molecule has 11 heteroatoms. The van der Waals surface area contributed by atoms with E-state index < -0.39 is 10.8 Å². The zero-order valence-electron chi connectivity index (χ0n) is 14.1. The van der Waals surface area contributed by atoms with Crippen LogP contribution in [0.25, 0.3) is 5.78 Å². The number of nitro benzene ring substituents is 1. The highest BCUT2D eigenvalue weighted by atomic mass is 16.6. The van der Waals surface area contributed by atoms with Gasteiger partial charge in [0.05, 0.1) is 22.9 Å². The summed E-state index contributed by atoms with van der Waals surface area (Å²) in [4.78, 5) is 35.0. The first-order chi connectivity index (χ1) is 13.6. The molecule has 138 valence electrons. The first kappa shape index (κ1) is 17.0. The maximum absolute atomic E-state index is 12.4. The van der Waals surface area contributed by atoms with E-state index in [9.17, 15) is 14.9 Å². The third-order valence-corrected chi connectivity index (χ3v) is 3.55. The highest BCUT2D eigenvalue weighted by Crippen LogP contribution is 2.29. The van der Waals surface area contributed by atoms with Gasteiger partial charge in [0.1, 0.15) is 11.5 Å². The van der Waals surface area contributed by atoms with E-state index in [0.717, 1.165) is 0 Å². The minimum atomic E-state index is -0.640. The lowest BCUT2D eigenvalue weighted by Crippen LogP contribution is -2.14. The molecule has 1 amide bonds. The second-order valence-electron chi connectivity index (χ2n) is 5.52. The van der Waals surface area contributed by atoms with Crippen LogP contribution in [-0.2, 0) is 0 Å². The van der Waals surface area contributed by atoms with Gasteiger partial charge in [-0.15, -0.1) is 5.10 Å². The predicted octanol–water partition coefficient (Wildman–Crippen LogP) is 2.47. The maximum Gasteiger partial charge on any atom is 0.295 e. The van der Waals surface area contributed by atoms with Crippen LogP contribution in [0.15, 0.2) is 61.2 Å². The van der Waals surface area contributed by atoms with Crippen molar-refractivity contribution in [2.45, 2.75) is 0 Å². The molecule has 0 fully saturated rings. The molecule has 0 unspecified atom stereocenters. The summed E-state index contributed by atoms with van der Waals surface area (Å²) in [7, 11) is 0. The fourth-order valence-corrected chi connectivity index (χ4v) is 2.38. The van der Waals surface area contributed by atoms with Crippen LogP contribution in [0.2, 0.25) is 0 Å². The molecule has 0 saturated carbocycles. The zero-order chi connectivity index (χ0) is 19.5. The SMILES string of the molecule is O=C(Nc1cc(Oc2cccnc2)cc([N+](=O)[O-])c1)c1nc2ncccn2n1. The zero-order valence-corrected chi connectivity index (χ0v) is 14.1. The average Bonchev–Trinajstić information content (AvgIpc) is 3.13. The quantitative estimate of drug-likeness (QED) is 0.413. The molecule has 0 aliphatic heterocycles. The third-order valence-electron chi connectivity index (χ3n) is 3.55. The fraction of sp³-hybridized carbons (Fsp3) is 0. The van der Waals surface area contributed by atoms with Crippen molar-refractivity contribution in [3.63, 3.8) is 0 Å². The molecule has 4 aromatic rings. The molecular weight excluding hydrogens is 366 g/mol. The van der Waals surface area contributed by atoms with Crippen molar-refractivity contribution in [2.75, 3.05) is 5.32 Å². The molecule has 11 nitrogen and oxygen atoms in total. The van der Waals surface area contributed by atoms with Gasteiger partial charge in [0, 0.05) is 30.7 Å². The lowest BCUT2D eigenvalue weighted by atomic mass is 10.2. The molecule has 28 heavy (non-hydrogen) atoms. The molecule has 1 N–H and O–H groups in total. The average molecular weight is 377 g/mol. The van der Waals surface area contributed by atoms with Crippen molar-refractivity contribution in [1.82, 2.24) is 24.6 Å². The topological polar surface area (TPSA) is 137 Å². The van der Waals surface area contributed by atoms with E-state index >= 15 is 0 Å². The first-order valence-electron chi connectivity index (χ1n) is 7.94. The highest BCUT2D eigenvalue weighted by Gasteiger charge is 2.17. The van der Waals surface area contributed by atoms with Crippen LogP contribution in [0.1, 0.15) is 10.6 Å². The molecular formula is C17H11N7O4. The fourth-order valence-electron chi connectivity index (χ4n) is 2.38. The molecule has 0 aliphatic rings. The molecule has 4 rings (SSSR count). The summed E-state index contributed by atoms with van der Waals surface area (Å²) in [5.41, 5.74) is -0.0915. The Morgan fingerprint density at radius 3 is 2.82 bits per heavy atom. The van der Waals surface area contributed by atoms with Crippen LogP contribution in [0.5, 0.6) is 11.5 Å². The number of amides is 1. The van der Waals surface area contributed by atoms with E-state index in [1.807, 2.05) is 0 Å². The van der Waals surface area contributed by atoms with Crippen molar-refractivity contribution < 1.29 is 14.5 Å². The number of aromatic nitrogens is 5. The van der Waals surface area contributed by atoms with Crippen molar-refractivity contribution >= 4 is 23.1 Å². The van der Waals surface area contributed by atoms with Gasteiger partial charge in [-0.1, -0.05) is 0 Å². The summed E-state index contributed by atoms with van der Waals surface area (Å²) in [6.07, 6.45) is 6.15. The van der Waals surface area contributed by atoms with Crippen molar-refractivity contribution in [2.24, 2.45) is 0 Å². The van der Waals surface area contributed by atoms with E-state index in [4.69, 9.17) is 4.74 Å². The number of nitro groups is 1. The van der Waals surface area contributed by atoms with Crippen molar-refractivity contribution in [3.8, 4) is 11.5 Å². The second-order valence-corrected chi connectivity index (χ2v) is 5.52. The standard InChI is InChI=1S/C17H11N7O4/c25-16(15-21-17-19-5-2-6-23(17)22-15)20-11-7-12(24(26)27)9-14(8-11)28-13-3-1-4-18-10-13/h1-10H,(H,20,25). The van der Waals surface area contributed by atoms with Gasteiger partial charge in [0.15, 0.2) is 0 Å². The molecule has 1 aromatic carbocycles. The number of nitrogens with one attached hydrogen (secondary N) is 1. The van der Waals surface area contributed by atoms with Crippen LogP contribution < -0.4 is 10.1 Å². The minimum Gasteiger partial charge on any atom is -0.455 e. The number of pyridine rings is 1. The predicted molar refractivity (Wildman–Crippen MR) is 96.1 cm³/mol. The van der Waals surface area contributed by atoms with E-state index in [1.165, 1.54) is 35.1 Å². The molecule has 0 aliphatic carbocycles. The van der Waals surface area contributed by atoms with Crippen LogP contribution in [0.3, 0.4) is 0 Å². The van der Waals surface area contributed by atoms with Crippen LogP contribution in [0, 0.1) is 10.1 Å². The molecule has 0 radical (unpaired) electrons. The van der Waals surface area contributed by atoms with E-state index in [-0.39, 0.29) is 28.7 Å². The van der Waals surface area contributed by atoms with Crippen LogP contribution >= 0.6 is 0 Å². The molecule has 0 bridgehead atoms. The van der Waals surface area contributed by atoms with Gasteiger partial charge in [-0.3, -0.25) is 19.9 Å². The Hall–Kier alpha value is -4.41. The number of rotatable bonds is 5. The normalized spacial score (nSPS) is 10.6. The van der Waals surface area contributed by atoms with Gasteiger partial charge < -0.3 is 10.1 Å². The van der Waals surface area contributed by atoms with Gasteiger partial charge in [0.25, 0.3) is 17.4 Å². The summed E-state index contributed by atoms with van der Waals surface area (Å²) in [6.45, 7) is 0. The Labute approximate surface area is 156 Å². The molecule has 0 spiro atoms. The van der Waals surface area contributed by atoms with Gasteiger partial charge >= 0.3 is 0 Å². The van der Waals surface area contributed by atoms with Gasteiger partial charge in [-0.05, 0) is 18.2 Å². The van der Waals surface area contributed by atoms with E-state index in [2.05, 4.69) is 25.4 Å². The first-order valence-corrected chi connectivity index (χ1v) is 7.94. The van der Waals surface area contributed by atoms with E-state index in [1.54, 1.807) is 30.6 Å². The number of anilines is 1.